The predicted molar refractivity (Wildman–Crippen MR) is 67.6 cm³/mol. The summed E-state index contributed by atoms with van der Waals surface area (Å²) in [6, 6.07) is -0.785. The van der Waals surface area contributed by atoms with E-state index in [9.17, 15) is 14.4 Å². The van der Waals surface area contributed by atoms with Crippen LogP contribution in [0.2, 0.25) is 0 Å². The standard InChI is InChI=1S/C12H20N2O6/c1-4-20-12(19-3)5-9(11(17)18-2)14(7-12)10(16)6-13-8-15/h8-9H,4-7H2,1-3H3,(H,13,15)/t9-,12?/m0/s1. The summed E-state index contributed by atoms with van der Waals surface area (Å²) in [7, 11) is 2.71. The number of esters is 1. The molecular formula is C12H20N2O6. The fraction of sp³-hybridized carbons (Fsp3) is 0.750. The van der Waals surface area contributed by atoms with Gasteiger partial charge in [-0.05, 0) is 6.92 Å². The number of nitrogens with one attached hydrogen (secondary N) is 1. The Bertz CT molecular complexity index is 375. The largest absolute Gasteiger partial charge is 0.467 e. The van der Waals surface area contributed by atoms with Gasteiger partial charge < -0.3 is 24.4 Å². The van der Waals surface area contributed by atoms with Crippen molar-refractivity contribution < 1.29 is 28.6 Å². The summed E-state index contributed by atoms with van der Waals surface area (Å²) < 4.78 is 15.6. The molecule has 0 spiro atoms. The van der Waals surface area contributed by atoms with Crippen molar-refractivity contribution in [2.45, 2.75) is 25.2 Å². The van der Waals surface area contributed by atoms with Crippen LogP contribution >= 0.6 is 0 Å². The number of carbonyl (C=O) groups is 3. The van der Waals surface area contributed by atoms with Gasteiger partial charge in [0.05, 0.1) is 20.2 Å². The summed E-state index contributed by atoms with van der Waals surface area (Å²) in [6.45, 7) is 2.10. The van der Waals surface area contributed by atoms with Crippen LogP contribution in [0.4, 0.5) is 0 Å². The van der Waals surface area contributed by atoms with Gasteiger partial charge in [-0.3, -0.25) is 9.59 Å². The van der Waals surface area contributed by atoms with Crippen LogP contribution in [-0.2, 0) is 28.6 Å². The number of ether oxygens (including phenoxy) is 3. The number of rotatable bonds is 7. The lowest BCUT2D eigenvalue weighted by molar-refractivity contribution is -0.210. The molecule has 0 aromatic rings. The van der Waals surface area contributed by atoms with Crippen molar-refractivity contribution in [2.24, 2.45) is 0 Å². The Morgan fingerprint density at radius 2 is 2.15 bits per heavy atom. The van der Waals surface area contributed by atoms with E-state index in [1.54, 1.807) is 6.92 Å². The molecule has 0 aromatic carbocycles. The zero-order chi connectivity index (χ0) is 15.2. The maximum Gasteiger partial charge on any atom is 0.328 e. The summed E-state index contributed by atoms with van der Waals surface area (Å²) in [5, 5.41) is 2.27. The van der Waals surface area contributed by atoms with Crippen molar-refractivity contribution >= 4 is 18.3 Å². The van der Waals surface area contributed by atoms with E-state index in [1.807, 2.05) is 0 Å². The Hall–Kier alpha value is -1.67. The van der Waals surface area contributed by atoms with Gasteiger partial charge in [0.15, 0.2) is 5.79 Å². The molecule has 1 aliphatic rings. The van der Waals surface area contributed by atoms with Crippen LogP contribution in [0.1, 0.15) is 13.3 Å². The van der Waals surface area contributed by atoms with Crippen molar-refractivity contribution in [3.05, 3.63) is 0 Å². The van der Waals surface area contributed by atoms with Crippen LogP contribution in [-0.4, -0.2) is 68.9 Å². The second-order valence-corrected chi connectivity index (χ2v) is 4.31. The first-order valence-electron chi connectivity index (χ1n) is 6.27. The van der Waals surface area contributed by atoms with Gasteiger partial charge in [-0.1, -0.05) is 0 Å². The summed E-state index contributed by atoms with van der Waals surface area (Å²) in [5.41, 5.74) is 0. The van der Waals surface area contributed by atoms with Crippen molar-refractivity contribution in [1.29, 1.82) is 0 Å². The second kappa shape index (κ2) is 7.20. The molecule has 1 N–H and O–H groups in total. The third-order valence-corrected chi connectivity index (χ3v) is 3.20. The van der Waals surface area contributed by atoms with Gasteiger partial charge in [-0.25, -0.2) is 4.79 Å². The van der Waals surface area contributed by atoms with E-state index >= 15 is 0 Å². The summed E-state index contributed by atoms with van der Waals surface area (Å²) in [6.07, 6.45) is 0.615. The quantitative estimate of drug-likeness (QED) is 0.362. The molecule has 0 bridgehead atoms. The first-order valence-corrected chi connectivity index (χ1v) is 6.27. The fourth-order valence-electron chi connectivity index (χ4n) is 2.25. The Balaban J connectivity index is 2.90. The molecule has 8 nitrogen and oxygen atoms in total. The zero-order valence-electron chi connectivity index (χ0n) is 11.9. The number of likely N-dealkylation sites (tertiary alicyclic amines) is 1. The maximum atomic E-state index is 12.0. The average molecular weight is 288 g/mol. The Kier molecular flexibility index (Phi) is 5.90. The molecule has 2 atom stereocenters. The minimum atomic E-state index is -1.02. The smallest absolute Gasteiger partial charge is 0.328 e. The third-order valence-electron chi connectivity index (χ3n) is 3.20. The second-order valence-electron chi connectivity index (χ2n) is 4.31. The minimum Gasteiger partial charge on any atom is -0.467 e. The van der Waals surface area contributed by atoms with Gasteiger partial charge in [-0.15, -0.1) is 0 Å². The predicted octanol–water partition coefficient (Wildman–Crippen LogP) is -1.11. The Labute approximate surface area is 117 Å². The summed E-state index contributed by atoms with van der Waals surface area (Å²) >= 11 is 0. The molecule has 0 aromatic heterocycles. The molecule has 2 amide bonds. The van der Waals surface area contributed by atoms with Gasteiger partial charge in [0, 0.05) is 20.1 Å². The lowest BCUT2D eigenvalue weighted by Crippen LogP contribution is -2.46. The van der Waals surface area contributed by atoms with Gasteiger partial charge in [-0.2, -0.15) is 0 Å². The SMILES string of the molecule is CCOC1(OC)C[C@@H](C(=O)OC)N(C(=O)CNC=O)C1. The Morgan fingerprint density at radius 1 is 1.45 bits per heavy atom. The van der Waals surface area contributed by atoms with Gasteiger partial charge in [0.25, 0.3) is 0 Å². The molecular weight excluding hydrogens is 268 g/mol. The third kappa shape index (κ3) is 3.45. The molecule has 1 heterocycles. The molecule has 0 saturated carbocycles. The van der Waals surface area contributed by atoms with E-state index in [4.69, 9.17) is 14.2 Å². The molecule has 0 aliphatic carbocycles. The van der Waals surface area contributed by atoms with Crippen LogP contribution in [0.15, 0.2) is 0 Å². The normalized spacial score (nSPS) is 25.4. The highest BCUT2D eigenvalue weighted by Gasteiger charge is 2.50. The summed E-state index contributed by atoms with van der Waals surface area (Å²) in [5.74, 6) is -1.96. The minimum absolute atomic E-state index is 0.108. The maximum absolute atomic E-state index is 12.0. The number of amides is 2. The number of nitrogens with zero attached hydrogens (tertiary/aromatic N) is 1. The molecule has 1 saturated heterocycles. The Morgan fingerprint density at radius 3 is 2.65 bits per heavy atom. The molecule has 1 aliphatic heterocycles. The lowest BCUT2D eigenvalue weighted by Gasteiger charge is -2.27. The zero-order valence-corrected chi connectivity index (χ0v) is 11.9. The van der Waals surface area contributed by atoms with E-state index in [0.29, 0.717) is 13.0 Å². The van der Waals surface area contributed by atoms with E-state index in [-0.39, 0.29) is 19.5 Å². The highest BCUT2D eigenvalue weighted by Crippen LogP contribution is 2.32. The molecule has 114 valence electrons. The van der Waals surface area contributed by atoms with E-state index < -0.39 is 23.7 Å². The molecule has 1 rings (SSSR count). The molecule has 0 radical (unpaired) electrons. The monoisotopic (exact) mass is 288 g/mol. The number of hydrogen-bond acceptors (Lipinski definition) is 6. The van der Waals surface area contributed by atoms with Crippen LogP contribution in [0.5, 0.6) is 0 Å². The van der Waals surface area contributed by atoms with E-state index in [1.165, 1.54) is 19.1 Å². The molecule has 1 unspecified atom stereocenters. The van der Waals surface area contributed by atoms with Crippen molar-refractivity contribution in [3.8, 4) is 0 Å². The van der Waals surface area contributed by atoms with Crippen LogP contribution in [0.3, 0.4) is 0 Å². The van der Waals surface area contributed by atoms with E-state index in [2.05, 4.69) is 5.32 Å². The summed E-state index contributed by atoms with van der Waals surface area (Å²) in [4.78, 5) is 35.4. The number of carbonyl (C=O) groups excluding carboxylic acids is 3. The van der Waals surface area contributed by atoms with Crippen LogP contribution < -0.4 is 5.32 Å². The average Bonchev–Trinajstić information content (AvgIpc) is 2.84. The number of hydrogen-bond donors (Lipinski definition) is 1. The van der Waals surface area contributed by atoms with Gasteiger partial charge in [0.1, 0.15) is 6.04 Å². The molecule has 8 heteroatoms. The first kappa shape index (κ1) is 16.4. The number of methoxy groups -OCH3 is 2. The highest BCUT2D eigenvalue weighted by molar-refractivity contribution is 5.87. The van der Waals surface area contributed by atoms with Crippen molar-refractivity contribution in [3.63, 3.8) is 0 Å². The van der Waals surface area contributed by atoms with Crippen molar-refractivity contribution in [1.82, 2.24) is 10.2 Å². The topological polar surface area (TPSA) is 94.2 Å². The lowest BCUT2D eigenvalue weighted by atomic mass is 10.1. The van der Waals surface area contributed by atoms with Crippen LogP contribution in [0, 0.1) is 0 Å². The fourth-order valence-corrected chi connectivity index (χ4v) is 2.25. The molecule has 1 fully saturated rings. The van der Waals surface area contributed by atoms with Crippen LogP contribution in [0.25, 0.3) is 0 Å². The van der Waals surface area contributed by atoms with Crippen molar-refractivity contribution in [2.75, 3.05) is 33.9 Å². The van der Waals surface area contributed by atoms with Gasteiger partial charge >= 0.3 is 5.97 Å². The molecule has 20 heavy (non-hydrogen) atoms. The van der Waals surface area contributed by atoms with E-state index in [0.717, 1.165) is 0 Å². The van der Waals surface area contributed by atoms with Gasteiger partial charge in [0.2, 0.25) is 12.3 Å². The first-order chi connectivity index (χ1) is 9.53. The highest BCUT2D eigenvalue weighted by atomic mass is 16.7.